The van der Waals surface area contributed by atoms with Crippen molar-refractivity contribution in [1.29, 1.82) is 0 Å². The van der Waals surface area contributed by atoms with Crippen LogP contribution in [0.5, 0.6) is 0 Å². The predicted octanol–water partition coefficient (Wildman–Crippen LogP) is 8.88. The van der Waals surface area contributed by atoms with E-state index in [9.17, 15) is 53.1 Å². The zero-order valence-corrected chi connectivity index (χ0v) is 57.8. The molecule has 2 aromatic carbocycles. The molecule has 0 unspecified atom stereocenters. The van der Waals surface area contributed by atoms with Crippen LogP contribution in [0.15, 0.2) is 63.6 Å². The molecular formula is C66H97Br2N7O14. The van der Waals surface area contributed by atoms with Gasteiger partial charge in [0.2, 0.25) is 29.5 Å². The fourth-order valence-corrected chi connectivity index (χ4v) is 12.7. The molecule has 2 heterocycles. The molecule has 494 valence electrons. The van der Waals surface area contributed by atoms with Crippen molar-refractivity contribution in [1.82, 2.24) is 30.2 Å². The van der Waals surface area contributed by atoms with Crippen molar-refractivity contribution in [3.63, 3.8) is 0 Å². The van der Waals surface area contributed by atoms with Crippen molar-refractivity contribution in [2.45, 2.75) is 189 Å². The average Bonchev–Trinajstić information content (AvgIpc) is 2.13. The van der Waals surface area contributed by atoms with Gasteiger partial charge in [0.15, 0.2) is 11.6 Å². The highest BCUT2D eigenvalue weighted by atomic mass is 79.9. The first-order chi connectivity index (χ1) is 41.9. The van der Waals surface area contributed by atoms with Crippen LogP contribution in [0.3, 0.4) is 0 Å². The SMILES string of the molecule is CC[C@@H](C)[C@@H]([C@@H](CC(=O)N1CCC[C@H]1[C@H](OC)[C@@H](C)C(=O)N[C@@H](C)[C@H](O)c1ccccc1)OC)N(C)C(=O)[C@@H](CC(=O)[C@H](C(C)C)N(C)C(=O)OCc1ccc(NC(=O)[C@@H](C)CC(=O)[C@H](NC(=O)CCCCN2C(=O)C(Br)=C(Br)C2=O)C(C)C)cc1)C(C)C. The summed E-state index contributed by atoms with van der Waals surface area (Å²) in [6.07, 6.45) is -0.641. The molecule has 0 radical (unpaired) electrons. The van der Waals surface area contributed by atoms with Gasteiger partial charge < -0.3 is 50.0 Å². The van der Waals surface area contributed by atoms with Crippen molar-refractivity contribution >= 4 is 96.6 Å². The minimum Gasteiger partial charge on any atom is -0.445 e. The Labute approximate surface area is 543 Å². The Morgan fingerprint density at radius 3 is 1.90 bits per heavy atom. The van der Waals surface area contributed by atoms with Gasteiger partial charge in [0.05, 0.1) is 60.9 Å². The number of Topliss-reactive ketones (excluding diaryl/α,β-unsaturated/α-hetero) is 2. The van der Waals surface area contributed by atoms with Crippen molar-refractivity contribution in [3.8, 4) is 0 Å². The second-order valence-corrected chi connectivity index (χ2v) is 26.6. The first kappa shape index (κ1) is 75.6. The monoisotopic (exact) mass is 1370 g/mol. The first-order valence-electron chi connectivity index (χ1n) is 31.1. The highest BCUT2D eigenvalue weighted by molar-refractivity contribution is 9.14. The molecule has 0 spiro atoms. The summed E-state index contributed by atoms with van der Waals surface area (Å²) in [4.78, 5) is 141. The number of unbranched alkanes of at least 4 members (excludes halogenated alkanes) is 1. The second kappa shape index (κ2) is 35.6. The molecule has 0 aliphatic carbocycles. The van der Waals surface area contributed by atoms with Crippen LogP contribution in [0.25, 0.3) is 0 Å². The summed E-state index contributed by atoms with van der Waals surface area (Å²) < 4.78 is 18.1. The number of aliphatic hydroxyl groups is 1. The fraction of sp³-hybridized carbons (Fsp3) is 0.636. The largest absolute Gasteiger partial charge is 0.445 e. The van der Waals surface area contributed by atoms with Gasteiger partial charge in [-0.2, -0.15) is 0 Å². The molecule has 4 rings (SSSR count). The second-order valence-electron chi connectivity index (χ2n) is 25.0. The number of anilines is 1. The number of halogens is 2. The molecule has 21 nitrogen and oxygen atoms in total. The van der Waals surface area contributed by atoms with E-state index < -0.39 is 90.1 Å². The number of nitrogens with one attached hydrogen (secondary N) is 3. The third kappa shape index (κ3) is 20.6. The van der Waals surface area contributed by atoms with E-state index in [4.69, 9.17) is 14.2 Å². The van der Waals surface area contributed by atoms with E-state index >= 15 is 0 Å². The summed E-state index contributed by atoms with van der Waals surface area (Å²) >= 11 is 6.20. The summed E-state index contributed by atoms with van der Waals surface area (Å²) in [6, 6.07) is 12.3. The van der Waals surface area contributed by atoms with Crippen molar-refractivity contribution in [2.24, 2.45) is 41.4 Å². The number of hydrogen-bond donors (Lipinski definition) is 4. The van der Waals surface area contributed by atoms with Crippen molar-refractivity contribution < 1.29 is 67.3 Å². The molecule has 1 saturated heterocycles. The van der Waals surface area contributed by atoms with Crippen LogP contribution >= 0.6 is 31.9 Å². The predicted molar refractivity (Wildman–Crippen MR) is 346 cm³/mol. The number of benzene rings is 2. The lowest BCUT2D eigenvalue weighted by molar-refractivity contribution is -0.149. The number of imide groups is 1. The molecule has 1 fully saturated rings. The summed E-state index contributed by atoms with van der Waals surface area (Å²) in [5.74, 6) is -6.39. The molecule has 0 bridgehead atoms. The number of nitrogens with zero attached hydrogens (tertiary/aromatic N) is 4. The van der Waals surface area contributed by atoms with Crippen molar-refractivity contribution in [2.75, 3.05) is 46.7 Å². The number of methoxy groups -OCH3 is 2. The molecule has 2 aliphatic rings. The number of ketones is 2. The number of aliphatic hydroxyl groups excluding tert-OH is 1. The van der Waals surface area contributed by atoms with Crippen LogP contribution in [-0.2, 0) is 64.0 Å². The summed E-state index contributed by atoms with van der Waals surface area (Å²) in [6.45, 7) is 20.5. The van der Waals surface area contributed by atoms with Gasteiger partial charge in [0.1, 0.15) is 15.6 Å². The Kier molecular flexibility index (Phi) is 30.3. The Morgan fingerprint density at radius 2 is 1.35 bits per heavy atom. The maximum Gasteiger partial charge on any atom is 0.410 e. The van der Waals surface area contributed by atoms with Gasteiger partial charge in [-0.15, -0.1) is 0 Å². The normalized spacial score (nSPS) is 18.1. The molecule has 8 amide bonds. The zero-order chi connectivity index (χ0) is 66.7. The van der Waals surface area contributed by atoms with Gasteiger partial charge in [-0.3, -0.25) is 48.1 Å². The highest BCUT2D eigenvalue weighted by Crippen LogP contribution is 2.33. The van der Waals surface area contributed by atoms with Crippen LogP contribution in [0.1, 0.15) is 151 Å². The quantitative estimate of drug-likeness (QED) is 0.0371. The van der Waals surface area contributed by atoms with E-state index in [-0.39, 0.29) is 107 Å². The van der Waals surface area contributed by atoms with Gasteiger partial charge in [-0.05, 0) is 111 Å². The van der Waals surface area contributed by atoms with Gasteiger partial charge in [-0.1, -0.05) is 118 Å². The fourth-order valence-electron chi connectivity index (χ4n) is 11.9. The van der Waals surface area contributed by atoms with Crippen LogP contribution < -0.4 is 16.0 Å². The third-order valence-corrected chi connectivity index (χ3v) is 19.4. The van der Waals surface area contributed by atoms with Crippen LogP contribution in [0.4, 0.5) is 10.5 Å². The molecule has 2 aromatic rings. The van der Waals surface area contributed by atoms with Gasteiger partial charge >= 0.3 is 6.09 Å². The minimum absolute atomic E-state index is 0.0594. The smallest absolute Gasteiger partial charge is 0.410 e. The number of ether oxygens (including phenoxy) is 3. The van der Waals surface area contributed by atoms with Gasteiger partial charge in [-0.25, -0.2) is 4.79 Å². The minimum atomic E-state index is -0.945. The van der Waals surface area contributed by atoms with Crippen LogP contribution in [0, 0.1) is 41.4 Å². The Bertz CT molecular complexity index is 2780. The van der Waals surface area contributed by atoms with E-state index in [0.29, 0.717) is 55.5 Å². The Balaban J connectivity index is 1.32. The lowest BCUT2D eigenvalue weighted by Gasteiger charge is -2.41. The Hall–Kier alpha value is -5.88. The van der Waals surface area contributed by atoms with Gasteiger partial charge in [0.25, 0.3) is 11.8 Å². The molecule has 23 heteroatoms. The molecule has 89 heavy (non-hydrogen) atoms. The number of carbonyl (C=O) groups is 10. The first-order valence-corrected chi connectivity index (χ1v) is 32.7. The molecule has 0 saturated carbocycles. The average molecular weight is 1370 g/mol. The van der Waals surface area contributed by atoms with Crippen LogP contribution in [-0.4, -0.2) is 168 Å². The number of amides is 8. The lowest BCUT2D eigenvalue weighted by atomic mass is 9.83. The molecule has 0 aromatic heterocycles. The van der Waals surface area contributed by atoms with Gasteiger partial charge in [0, 0.05) is 78.2 Å². The van der Waals surface area contributed by atoms with E-state index in [1.807, 2.05) is 59.7 Å². The molecule has 12 atom stereocenters. The topological polar surface area (TPSA) is 268 Å². The Morgan fingerprint density at radius 1 is 0.730 bits per heavy atom. The maximum absolute atomic E-state index is 14.8. The number of hydrogen-bond acceptors (Lipinski definition) is 14. The zero-order valence-electron chi connectivity index (χ0n) is 54.6. The van der Waals surface area contributed by atoms with E-state index in [1.54, 1.807) is 87.9 Å². The number of likely N-dealkylation sites (tertiary alicyclic amines) is 1. The highest BCUT2D eigenvalue weighted by Gasteiger charge is 2.44. The third-order valence-electron chi connectivity index (χ3n) is 17.4. The molecular weight excluding hydrogens is 1270 g/mol. The van der Waals surface area contributed by atoms with E-state index in [1.165, 1.54) is 26.2 Å². The van der Waals surface area contributed by atoms with Crippen molar-refractivity contribution in [3.05, 3.63) is 74.7 Å². The summed E-state index contributed by atoms with van der Waals surface area (Å²) in [5.41, 5.74) is 1.70. The maximum atomic E-state index is 14.8. The summed E-state index contributed by atoms with van der Waals surface area (Å²) in [7, 11) is 6.22. The van der Waals surface area contributed by atoms with E-state index in [0.717, 1.165) is 4.90 Å². The summed E-state index contributed by atoms with van der Waals surface area (Å²) in [5, 5.41) is 19.5. The number of rotatable bonds is 35. The lowest BCUT2D eigenvalue weighted by Crippen LogP contribution is -2.55. The number of carbonyl (C=O) groups excluding carboxylic acids is 10. The van der Waals surface area contributed by atoms with E-state index in [2.05, 4.69) is 47.8 Å². The molecule has 4 N–H and O–H groups in total. The van der Waals surface area contributed by atoms with Crippen LogP contribution in [0.2, 0.25) is 0 Å². The standard InChI is InChI=1S/C66H97Br2N7O14/c1-16-40(8)58(51(87-14)35-53(79)74-32-22-25-48(74)60(88-15)42(10)62(82)69-43(11)59(80)45-23-18-17-19-24-45)72(12)63(83)47(37(2)3)34-50(77)57(39(6)7)73(13)66(86)89-36-44-27-29-46(30-28-44)70-61(81)41(9)33-49(76)56(38(4)5)71-52(78)26-20-21-31-75-64(84)54(67)55(68)65(75)85/h17-19,23-24,27-30,37-43,47-48,51,56-60,80H,16,20-22,25-26,31-36H2,1-15H3,(H,69,82)(H,70,81)(H,71,78)/t40-,41+,42-,43+,47+,48+,51-,56-,57+,58+,59+,60-/m1/s1. The number of likely N-dealkylation sites (N-methyl/N-ethyl adjacent to an activating group) is 2. The molecule has 2 aliphatic heterocycles.